The van der Waals surface area contributed by atoms with Crippen LogP contribution in [-0.2, 0) is 16.1 Å². The van der Waals surface area contributed by atoms with Crippen molar-refractivity contribution in [3.05, 3.63) is 89.6 Å². The molecule has 0 fully saturated rings. The summed E-state index contributed by atoms with van der Waals surface area (Å²) in [6, 6.07) is 18.7. The Morgan fingerprint density at radius 2 is 1.62 bits per heavy atom. The van der Waals surface area contributed by atoms with E-state index in [2.05, 4.69) is 10.5 Å². The Morgan fingerprint density at radius 1 is 1.00 bits per heavy atom. The number of nitrogens with two attached hydrogens (primary N) is 1. The number of rotatable bonds is 6. The van der Waals surface area contributed by atoms with Gasteiger partial charge in [0.2, 0.25) is 5.91 Å². The van der Waals surface area contributed by atoms with Crippen LogP contribution in [0.5, 0.6) is 0 Å². The van der Waals surface area contributed by atoms with Gasteiger partial charge in [-0.05, 0) is 50.2 Å². The van der Waals surface area contributed by atoms with Gasteiger partial charge in [-0.15, -0.1) is 12.4 Å². The Bertz CT molecular complexity index is 1580. The van der Waals surface area contributed by atoms with Gasteiger partial charge >= 0.3 is 0 Å². The van der Waals surface area contributed by atoms with Gasteiger partial charge in [0.15, 0.2) is 11.4 Å². The van der Waals surface area contributed by atoms with Gasteiger partial charge in [0.05, 0.1) is 30.5 Å². The van der Waals surface area contributed by atoms with Crippen molar-refractivity contribution in [3.8, 4) is 0 Å². The van der Waals surface area contributed by atoms with Crippen LogP contribution in [0.15, 0.2) is 77.3 Å². The van der Waals surface area contributed by atoms with E-state index in [9.17, 15) is 19.2 Å². The smallest absolute Gasteiger partial charge is 0.258 e. The number of para-hydroxylation sites is 3. The van der Waals surface area contributed by atoms with E-state index < -0.39 is 23.9 Å². The van der Waals surface area contributed by atoms with Gasteiger partial charge in [-0.2, -0.15) is 0 Å². The second kappa shape index (κ2) is 11.7. The molecule has 11 heteroatoms. The maximum Gasteiger partial charge on any atom is 0.258 e. The summed E-state index contributed by atoms with van der Waals surface area (Å²) in [6.45, 7) is 2.89. The molecule has 0 unspecified atom stereocenters. The SMILES string of the molecule is CC(=O)c1ccc(C(=O)N2C[C@H](NC(=O)[C@H](C)N)C(=O)N(Cc3noc4ccccc34)c3ccccc32)cc1.Cl. The maximum absolute atomic E-state index is 14.0. The number of fused-ring (bicyclic) bond motifs is 2. The molecule has 1 aliphatic heterocycles. The molecule has 1 aromatic heterocycles. The first-order valence-electron chi connectivity index (χ1n) is 12.5. The third kappa shape index (κ3) is 5.45. The summed E-state index contributed by atoms with van der Waals surface area (Å²) in [5, 5.41) is 7.65. The molecule has 206 valence electrons. The number of amides is 3. The zero-order valence-electron chi connectivity index (χ0n) is 21.9. The van der Waals surface area contributed by atoms with E-state index in [1.165, 1.54) is 23.6 Å². The number of benzene rings is 3. The van der Waals surface area contributed by atoms with E-state index in [1.54, 1.807) is 54.6 Å². The number of carbonyl (C=O) groups excluding carboxylic acids is 4. The minimum Gasteiger partial charge on any atom is -0.356 e. The normalized spacial score (nSPS) is 15.6. The number of halogens is 1. The average Bonchev–Trinajstić information content (AvgIpc) is 3.31. The molecule has 0 spiro atoms. The zero-order chi connectivity index (χ0) is 27.7. The highest BCUT2D eigenvalue weighted by Gasteiger charge is 2.38. The summed E-state index contributed by atoms with van der Waals surface area (Å²) in [5.41, 5.74) is 8.66. The summed E-state index contributed by atoms with van der Waals surface area (Å²) < 4.78 is 5.45. The van der Waals surface area contributed by atoms with Gasteiger partial charge < -0.3 is 25.4 Å². The lowest BCUT2D eigenvalue weighted by Gasteiger charge is -2.25. The largest absolute Gasteiger partial charge is 0.356 e. The standard InChI is InChI=1S/C29H27N5O5.ClH/c1-17(30)27(36)31-23-16-33(28(37)20-13-11-19(12-14-20)18(2)35)24-8-4-5-9-25(24)34(29(23)38)15-22-21-7-3-6-10-26(21)39-32-22;/h3-14,17,23H,15-16,30H2,1-2H3,(H,31,36);1H/t17-,23-;/m0./s1. The predicted molar refractivity (Wildman–Crippen MR) is 153 cm³/mol. The minimum absolute atomic E-state index is 0. The van der Waals surface area contributed by atoms with Crippen molar-refractivity contribution in [3.63, 3.8) is 0 Å². The van der Waals surface area contributed by atoms with Gasteiger partial charge in [0.25, 0.3) is 11.8 Å². The number of hydrogen-bond acceptors (Lipinski definition) is 7. The molecule has 40 heavy (non-hydrogen) atoms. The molecule has 1 aliphatic rings. The monoisotopic (exact) mass is 561 g/mol. The van der Waals surface area contributed by atoms with E-state index in [0.717, 1.165) is 5.39 Å². The van der Waals surface area contributed by atoms with Crippen molar-refractivity contribution in [1.29, 1.82) is 0 Å². The fourth-order valence-corrected chi connectivity index (χ4v) is 4.56. The van der Waals surface area contributed by atoms with Crippen molar-refractivity contribution in [1.82, 2.24) is 10.5 Å². The molecule has 10 nitrogen and oxygen atoms in total. The van der Waals surface area contributed by atoms with Gasteiger partial charge in [-0.1, -0.05) is 41.6 Å². The number of hydrogen-bond donors (Lipinski definition) is 2. The quantitative estimate of drug-likeness (QED) is 0.344. The van der Waals surface area contributed by atoms with Crippen LogP contribution in [0.4, 0.5) is 11.4 Å². The molecular weight excluding hydrogens is 534 g/mol. The summed E-state index contributed by atoms with van der Waals surface area (Å²) in [7, 11) is 0. The predicted octanol–water partition coefficient (Wildman–Crippen LogP) is 3.48. The van der Waals surface area contributed by atoms with Gasteiger partial charge in [0, 0.05) is 16.5 Å². The second-order valence-corrected chi connectivity index (χ2v) is 9.44. The minimum atomic E-state index is -1.09. The van der Waals surface area contributed by atoms with Gasteiger partial charge in [0.1, 0.15) is 11.7 Å². The molecule has 5 rings (SSSR count). The summed E-state index contributed by atoms with van der Waals surface area (Å²) in [5.74, 6) is -1.45. The Morgan fingerprint density at radius 3 is 2.30 bits per heavy atom. The van der Waals surface area contributed by atoms with Crippen molar-refractivity contribution in [2.75, 3.05) is 16.3 Å². The van der Waals surface area contributed by atoms with Crippen LogP contribution in [0, 0.1) is 0 Å². The molecule has 4 aromatic rings. The van der Waals surface area contributed by atoms with E-state index in [-0.39, 0.29) is 37.2 Å². The Labute approximate surface area is 236 Å². The van der Waals surface area contributed by atoms with E-state index >= 15 is 0 Å². The number of nitrogens with one attached hydrogen (secondary N) is 1. The number of ketones is 1. The third-order valence-electron chi connectivity index (χ3n) is 6.67. The highest BCUT2D eigenvalue weighted by molar-refractivity contribution is 6.13. The number of anilines is 2. The van der Waals surface area contributed by atoms with Crippen molar-refractivity contribution in [2.45, 2.75) is 32.5 Å². The fourth-order valence-electron chi connectivity index (χ4n) is 4.56. The average molecular weight is 562 g/mol. The van der Waals surface area contributed by atoms with Crippen LogP contribution >= 0.6 is 12.4 Å². The topological polar surface area (TPSA) is 139 Å². The molecule has 3 aromatic carbocycles. The van der Waals surface area contributed by atoms with Crippen LogP contribution < -0.4 is 20.9 Å². The second-order valence-electron chi connectivity index (χ2n) is 9.44. The van der Waals surface area contributed by atoms with Crippen molar-refractivity contribution < 1.29 is 23.7 Å². The number of nitrogens with zero attached hydrogens (tertiary/aromatic N) is 3. The highest BCUT2D eigenvalue weighted by atomic mass is 35.5. The lowest BCUT2D eigenvalue weighted by atomic mass is 10.1. The summed E-state index contributed by atoms with van der Waals surface area (Å²) in [6.07, 6.45) is 0. The summed E-state index contributed by atoms with van der Waals surface area (Å²) in [4.78, 5) is 55.1. The Hall–Kier alpha value is -4.54. The van der Waals surface area contributed by atoms with Crippen LogP contribution in [-0.4, -0.2) is 47.3 Å². The van der Waals surface area contributed by atoms with Crippen LogP contribution in [0.25, 0.3) is 11.0 Å². The highest BCUT2D eigenvalue weighted by Crippen LogP contribution is 2.35. The molecule has 3 N–H and O–H groups in total. The number of Topliss-reactive ketones (excluding diaryl/α,β-unsaturated/α-hetero) is 1. The molecular formula is C29H28ClN5O5. The van der Waals surface area contributed by atoms with Crippen molar-refractivity contribution >= 4 is 58.3 Å². The van der Waals surface area contributed by atoms with E-state index in [1.807, 2.05) is 18.2 Å². The number of aromatic nitrogens is 1. The van der Waals surface area contributed by atoms with E-state index in [0.29, 0.717) is 33.8 Å². The van der Waals surface area contributed by atoms with Gasteiger partial charge in [-0.3, -0.25) is 19.2 Å². The molecule has 2 heterocycles. The first kappa shape index (κ1) is 28.5. The Kier molecular flexibility index (Phi) is 8.32. The molecule has 0 saturated heterocycles. The van der Waals surface area contributed by atoms with Crippen LogP contribution in [0.3, 0.4) is 0 Å². The van der Waals surface area contributed by atoms with Crippen LogP contribution in [0.2, 0.25) is 0 Å². The van der Waals surface area contributed by atoms with Gasteiger partial charge in [-0.25, -0.2) is 0 Å². The van der Waals surface area contributed by atoms with E-state index in [4.69, 9.17) is 10.3 Å². The fraction of sp³-hybridized carbons (Fsp3) is 0.207. The maximum atomic E-state index is 14.0. The molecule has 0 radical (unpaired) electrons. The van der Waals surface area contributed by atoms with Crippen molar-refractivity contribution in [2.24, 2.45) is 5.73 Å². The number of carbonyl (C=O) groups is 4. The third-order valence-corrected chi connectivity index (χ3v) is 6.67. The van der Waals surface area contributed by atoms with Crippen LogP contribution in [0.1, 0.15) is 40.3 Å². The lowest BCUT2D eigenvalue weighted by Crippen LogP contribution is -2.55. The molecule has 0 bridgehead atoms. The first-order valence-corrected chi connectivity index (χ1v) is 12.5. The summed E-state index contributed by atoms with van der Waals surface area (Å²) >= 11 is 0. The molecule has 3 amide bonds. The molecule has 0 saturated carbocycles. The lowest BCUT2D eigenvalue weighted by molar-refractivity contribution is -0.127. The molecule has 2 atom stereocenters. The Balaban J connectivity index is 0.00000370. The first-order chi connectivity index (χ1) is 18.7. The zero-order valence-corrected chi connectivity index (χ0v) is 22.7. The molecule has 0 aliphatic carbocycles.